The molecule has 180 valence electrons. The van der Waals surface area contributed by atoms with Gasteiger partial charge in [0.2, 0.25) is 15.9 Å². The second-order valence-corrected chi connectivity index (χ2v) is 10.8. The number of likely N-dealkylation sites (N-methyl/N-ethyl adjacent to an activating group) is 1. The number of rotatable bonds is 7. The van der Waals surface area contributed by atoms with Gasteiger partial charge in [0, 0.05) is 46.4 Å². The molecule has 3 fully saturated rings. The summed E-state index contributed by atoms with van der Waals surface area (Å²) >= 11 is 0. The SMILES string of the molecule is CN(C)C(=O)CN=C(NCC1CCCO1)N1CCCC(S(=O)(=O)NC2CCCC2)C1.I. The van der Waals surface area contributed by atoms with Crippen molar-refractivity contribution in [3.63, 3.8) is 0 Å². The first-order chi connectivity index (χ1) is 14.3. The first kappa shape index (κ1) is 26.6. The van der Waals surface area contributed by atoms with Crippen LogP contribution in [0.3, 0.4) is 0 Å². The number of halogens is 1. The number of sulfonamides is 1. The monoisotopic (exact) mass is 571 g/mol. The number of amides is 1. The van der Waals surface area contributed by atoms with E-state index in [1.807, 2.05) is 4.90 Å². The van der Waals surface area contributed by atoms with Crippen LogP contribution in [-0.4, -0.2) is 94.4 Å². The van der Waals surface area contributed by atoms with E-state index < -0.39 is 15.3 Å². The van der Waals surface area contributed by atoms with Gasteiger partial charge >= 0.3 is 0 Å². The van der Waals surface area contributed by atoms with E-state index in [-0.39, 0.29) is 48.6 Å². The molecule has 3 rings (SSSR count). The number of carbonyl (C=O) groups excluding carboxylic acids is 1. The molecule has 0 aromatic rings. The number of piperidine rings is 1. The average molecular weight is 572 g/mol. The van der Waals surface area contributed by atoms with Crippen LogP contribution in [0.15, 0.2) is 4.99 Å². The molecule has 0 spiro atoms. The number of nitrogens with one attached hydrogen (secondary N) is 2. The summed E-state index contributed by atoms with van der Waals surface area (Å²) < 4.78 is 34.5. The summed E-state index contributed by atoms with van der Waals surface area (Å²) in [5.41, 5.74) is 0. The predicted octanol–water partition coefficient (Wildman–Crippen LogP) is 1.14. The Morgan fingerprint density at radius 2 is 1.87 bits per heavy atom. The minimum absolute atomic E-state index is 0. The van der Waals surface area contributed by atoms with E-state index in [9.17, 15) is 13.2 Å². The van der Waals surface area contributed by atoms with Gasteiger partial charge in [-0.15, -0.1) is 24.0 Å². The highest BCUT2D eigenvalue weighted by Gasteiger charge is 2.34. The molecule has 2 atom stereocenters. The van der Waals surface area contributed by atoms with Gasteiger partial charge in [0.15, 0.2) is 5.96 Å². The summed E-state index contributed by atoms with van der Waals surface area (Å²) in [6, 6.07) is 0.0777. The van der Waals surface area contributed by atoms with Crippen molar-refractivity contribution in [3.8, 4) is 0 Å². The predicted molar refractivity (Wildman–Crippen MR) is 132 cm³/mol. The average Bonchev–Trinajstić information content (AvgIpc) is 3.41. The molecule has 2 saturated heterocycles. The Hall–Kier alpha value is -0.660. The van der Waals surface area contributed by atoms with E-state index in [2.05, 4.69) is 15.0 Å². The largest absolute Gasteiger partial charge is 0.376 e. The van der Waals surface area contributed by atoms with E-state index in [1.54, 1.807) is 14.1 Å². The molecule has 2 N–H and O–H groups in total. The summed E-state index contributed by atoms with van der Waals surface area (Å²) in [5, 5.41) is 2.87. The summed E-state index contributed by atoms with van der Waals surface area (Å²) in [4.78, 5) is 20.1. The highest BCUT2D eigenvalue weighted by molar-refractivity contribution is 14.0. The van der Waals surface area contributed by atoms with Gasteiger partial charge in [-0.3, -0.25) is 4.79 Å². The van der Waals surface area contributed by atoms with Crippen molar-refractivity contribution < 1.29 is 17.9 Å². The number of likely N-dealkylation sites (tertiary alicyclic amines) is 1. The Balaban J connectivity index is 0.00000341. The molecule has 2 aliphatic heterocycles. The topological polar surface area (TPSA) is 103 Å². The van der Waals surface area contributed by atoms with E-state index in [1.165, 1.54) is 4.90 Å². The van der Waals surface area contributed by atoms with E-state index in [0.29, 0.717) is 25.5 Å². The normalized spacial score (nSPS) is 25.4. The van der Waals surface area contributed by atoms with Crippen LogP contribution in [0.4, 0.5) is 0 Å². The molecule has 0 radical (unpaired) electrons. The molecule has 1 amide bonds. The first-order valence-electron chi connectivity index (χ1n) is 11.2. The maximum absolute atomic E-state index is 13.0. The molecule has 9 nitrogen and oxygen atoms in total. The fourth-order valence-electron chi connectivity index (χ4n) is 4.32. The fourth-order valence-corrected chi connectivity index (χ4v) is 6.06. The van der Waals surface area contributed by atoms with Crippen molar-refractivity contribution in [3.05, 3.63) is 0 Å². The van der Waals surface area contributed by atoms with Gasteiger partial charge in [0.25, 0.3) is 0 Å². The maximum Gasteiger partial charge on any atom is 0.243 e. The molecule has 2 unspecified atom stereocenters. The molecule has 1 saturated carbocycles. The van der Waals surface area contributed by atoms with Crippen molar-refractivity contribution in [1.82, 2.24) is 19.8 Å². The van der Waals surface area contributed by atoms with Crippen molar-refractivity contribution in [2.45, 2.75) is 68.8 Å². The van der Waals surface area contributed by atoms with Gasteiger partial charge in [-0.2, -0.15) is 0 Å². The zero-order valence-electron chi connectivity index (χ0n) is 18.7. The number of ether oxygens (including phenoxy) is 1. The Morgan fingerprint density at radius 3 is 2.52 bits per heavy atom. The van der Waals surface area contributed by atoms with Crippen LogP contribution in [0.5, 0.6) is 0 Å². The first-order valence-corrected chi connectivity index (χ1v) is 12.8. The molecule has 0 aromatic carbocycles. The lowest BCUT2D eigenvalue weighted by molar-refractivity contribution is -0.127. The highest BCUT2D eigenvalue weighted by atomic mass is 127. The summed E-state index contributed by atoms with van der Waals surface area (Å²) in [6.07, 6.45) is 7.64. The third-order valence-electron chi connectivity index (χ3n) is 6.18. The third-order valence-corrected chi connectivity index (χ3v) is 8.10. The zero-order valence-corrected chi connectivity index (χ0v) is 21.9. The van der Waals surface area contributed by atoms with Crippen molar-refractivity contribution in [1.29, 1.82) is 0 Å². The van der Waals surface area contributed by atoms with Gasteiger partial charge in [-0.05, 0) is 38.5 Å². The minimum atomic E-state index is -3.38. The van der Waals surface area contributed by atoms with Crippen LogP contribution in [0.2, 0.25) is 0 Å². The van der Waals surface area contributed by atoms with E-state index in [4.69, 9.17) is 4.74 Å². The van der Waals surface area contributed by atoms with Crippen molar-refractivity contribution in [2.75, 3.05) is 46.9 Å². The minimum Gasteiger partial charge on any atom is -0.376 e. The fraction of sp³-hybridized carbons (Fsp3) is 0.900. The van der Waals surface area contributed by atoms with Gasteiger partial charge in [-0.25, -0.2) is 18.1 Å². The molecular formula is C20H38IN5O4S. The number of carbonyl (C=O) groups is 1. The van der Waals surface area contributed by atoms with Crippen LogP contribution in [0, 0.1) is 0 Å². The Morgan fingerprint density at radius 1 is 1.13 bits per heavy atom. The standard InChI is InChI=1S/C20H37N5O4S.HI/c1-24(2)19(26)14-22-20(21-13-17-9-6-12-29-17)25-11-5-10-18(15-25)30(27,28)23-16-7-3-4-8-16;/h16-18,23H,3-15H2,1-2H3,(H,21,22);1H. The molecular weight excluding hydrogens is 533 g/mol. The third kappa shape index (κ3) is 8.01. The number of hydrogen-bond acceptors (Lipinski definition) is 5. The van der Waals surface area contributed by atoms with Gasteiger partial charge < -0.3 is 19.9 Å². The second-order valence-electron chi connectivity index (χ2n) is 8.80. The molecule has 1 aliphatic carbocycles. The molecule has 11 heteroatoms. The molecule has 0 bridgehead atoms. The molecule has 31 heavy (non-hydrogen) atoms. The van der Waals surface area contributed by atoms with Crippen LogP contribution in [-0.2, 0) is 19.6 Å². The number of nitrogens with zero attached hydrogens (tertiary/aromatic N) is 3. The quantitative estimate of drug-likeness (QED) is 0.270. The van der Waals surface area contributed by atoms with Gasteiger partial charge in [0.05, 0.1) is 11.4 Å². The zero-order chi connectivity index (χ0) is 21.6. The lowest BCUT2D eigenvalue weighted by Crippen LogP contribution is -2.53. The maximum atomic E-state index is 13.0. The van der Waals surface area contributed by atoms with E-state index >= 15 is 0 Å². The lowest BCUT2D eigenvalue weighted by Gasteiger charge is -2.35. The summed E-state index contributed by atoms with van der Waals surface area (Å²) in [5.74, 6) is 0.511. The number of aliphatic imine (C=N–C) groups is 1. The van der Waals surface area contributed by atoms with Crippen LogP contribution < -0.4 is 10.0 Å². The number of guanidine groups is 1. The lowest BCUT2D eigenvalue weighted by atomic mass is 10.1. The highest BCUT2D eigenvalue weighted by Crippen LogP contribution is 2.22. The van der Waals surface area contributed by atoms with Crippen LogP contribution in [0.1, 0.15) is 51.4 Å². The van der Waals surface area contributed by atoms with Gasteiger partial charge in [-0.1, -0.05) is 12.8 Å². The molecule has 3 aliphatic rings. The Labute approximate surface area is 203 Å². The molecule has 2 heterocycles. The van der Waals surface area contributed by atoms with Crippen LogP contribution in [0.25, 0.3) is 0 Å². The Kier molecular flexibility index (Phi) is 10.8. The van der Waals surface area contributed by atoms with Gasteiger partial charge in [0.1, 0.15) is 6.54 Å². The summed E-state index contributed by atoms with van der Waals surface area (Å²) in [6.45, 7) is 2.53. The van der Waals surface area contributed by atoms with Crippen molar-refractivity contribution >= 4 is 45.9 Å². The van der Waals surface area contributed by atoms with Crippen LogP contribution >= 0.6 is 24.0 Å². The molecule has 0 aromatic heterocycles. The van der Waals surface area contributed by atoms with Crippen molar-refractivity contribution in [2.24, 2.45) is 4.99 Å². The second kappa shape index (κ2) is 12.5. The van der Waals surface area contributed by atoms with E-state index in [0.717, 1.165) is 58.1 Å². The smallest absolute Gasteiger partial charge is 0.243 e. The Bertz CT molecular complexity index is 706. The summed E-state index contributed by atoms with van der Waals surface area (Å²) in [7, 11) is 0.0250. The number of hydrogen-bond donors (Lipinski definition) is 2.